The molecule has 0 aliphatic heterocycles. The molecule has 0 unspecified atom stereocenters. The summed E-state index contributed by atoms with van der Waals surface area (Å²) in [7, 11) is 1.86. The first-order chi connectivity index (χ1) is 11.5. The van der Waals surface area contributed by atoms with Crippen LogP contribution in [0.4, 0.5) is 11.5 Å². The van der Waals surface area contributed by atoms with E-state index in [-0.39, 0.29) is 5.92 Å². The van der Waals surface area contributed by atoms with Gasteiger partial charge in [0.1, 0.15) is 5.82 Å². The van der Waals surface area contributed by atoms with E-state index in [9.17, 15) is 4.79 Å². The second kappa shape index (κ2) is 6.44. The maximum absolute atomic E-state index is 11.6. The molecule has 3 rings (SSSR count). The Morgan fingerprint density at radius 3 is 2.58 bits per heavy atom. The number of carbonyl (C=O) groups excluding carboxylic acids is 1. The summed E-state index contributed by atoms with van der Waals surface area (Å²) in [6.45, 7) is 4.10. The molecule has 0 saturated heterocycles. The summed E-state index contributed by atoms with van der Waals surface area (Å²) < 4.78 is 0. The molecule has 3 N–H and O–H groups in total. The first-order valence-corrected chi connectivity index (χ1v) is 8.61. The molecule has 1 aliphatic rings. The minimum absolute atomic E-state index is 0.146. The van der Waals surface area contributed by atoms with Gasteiger partial charge in [-0.15, -0.1) is 0 Å². The number of nitrogens with zero attached hydrogens (tertiary/aromatic N) is 1. The smallest absolute Gasteiger partial charge is 0.152 e. The van der Waals surface area contributed by atoms with Gasteiger partial charge in [-0.25, -0.2) is 4.98 Å². The van der Waals surface area contributed by atoms with Crippen LogP contribution in [0.3, 0.4) is 0 Å². The predicted molar refractivity (Wildman–Crippen MR) is 100 cm³/mol. The van der Waals surface area contributed by atoms with E-state index in [2.05, 4.69) is 24.1 Å². The predicted octanol–water partition coefficient (Wildman–Crippen LogP) is 4.84. The lowest BCUT2D eigenvalue weighted by atomic mass is 9.88. The fraction of sp³-hybridized carbons (Fsp3) is 0.368. The molecule has 0 radical (unpaired) electrons. The number of rotatable bonds is 5. The van der Waals surface area contributed by atoms with Crippen molar-refractivity contribution in [3.05, 3.63) is 40.0 Å². The molecule has 0 spiro atoms. The molecular formula is C19H22ClN3O. The number of nitrogen functional groups attached to an aromatic ring is 1. The number of anilines is 2. The Bertz CT molecular complexity index is 798. The molecule has 0 amide bonds. The van der Waals surface area contributed by atoms with E-state index in [1.54, 1.807) is 12.3 Å². The summed E-state index contributed by atoms with van der Waals surface area (Å²) in [5, 5.41) is 3.86. The van der Waals surface area contributed by atoms with Crippen molar-refractivity contribution in [1.82, 2.24) is 4.98 Å². The average Bonchev–Trinajstić information content (AvgIpc) is 3.38. The van der Waals surface area contributed by atoms with Gasteiger partial charge in [-0.05, 0) is 41.9 Å². The molecule has 1 fully saturated rings. The van der Waals surface area contributed by atoms with Gasteiger partial charge >= 0.3 is 0 Å². The minimum Gasteiger partial charge on any atom is -0.398 e. The summed E-state index contributed by atoms with van der Waals surface area (Å²) in [6.07, 6.45) is 4.89. The number of benzene rings is 1. The van der Waals surface area contributed by atoms with Gasteiger partial charge in [0.15, 0.2) is 6.29 Å². The molecule has 1 heterocycles. The number of hydrogen-bond donors (Lipinski definition) is 2. The highest BCUT2D eigenvalue weighted by molar-refractivity contribution is 6.34. The van der Waals surface area contributed by atoms with E-state index >= 15 is 0 Å². The first kappa shape index (κ1) is 16.8. The molecule has 1 aromatic heterocycles. The van der Waals surface area contributed by atoms with E-state index in [1.807, 2.05) is 13.1 Å². The molecule has 5 heteroatoms. The number of aldehydes is 1. The van der Waals surface area contributed by atoms with Crippen LogP contribution >= 0.6 is 11.6 Å². The largest absolute Gasteiger partial charge is 0.398 e. The number of aromatic nitrogens is 1. The molecule has 0 bridgehead atoms. The quantitative estimate of drug-likeness (QED) is 0.602. The van der Waals surface area contributed by atoms with E-state index in [0.29, 0.717) is 17.2 Å². The number of pyridine rings is 1. The van der Waals surface area contributed by atoms with E-state index in [4.69, 9.17) is 17.3 Å². The number of hydrogen-bond acceptors (Lipinski definition) is 4. The van der Waals surface area contributed by atoms with Crippen molar-refractivity contribution in [2.75, 3.05) is 18.1 Å². The standard InChI is InChI=1S/C19H22ClN3O/c1-10(2)16-12(6-7-15(21)14(16)9-24)13-8-23-19(22-3)17(18(13)20)11-4-5-11/h6-11H,4-5,21H2,1-3H3,(H,22,23). The van der Waals surface area contributed by atoms with Crippen molar-refractivity contribution in [2.45, 2.75) is 38.5 Å². The second-order valence-electron chi connectivity index (χ2n) is 6.57. The van der Waals surface area contributed by atoms with Crippen LogP contribution in [0.2, 0.25) is 5.02 Å². The maximum Gasteiger partial charge on any atom is 0.152 e. The van der Waals surface area contributed by atoms with Crippen LogP contribution in [-0.4, -0.2) is 18.3 Å². The Labute approximate surface area is 147 Å². The summed E-state index contributed by atoms with van der Waals surface area (Å²) in [5.41, 5.74) is 10.8. The summed E-state index contributed by atoms with van der Waals surface area (Å²) in [4.78, 5) is 16.1. The van der Waals surface area contributed by atoms with E-state index < -0.39 is 0 Å². The van der Waals surface area contributed by atoms with Gasteiger partial charge in [-0.3, -0.25) is 4.79 Å². The van der Waals surface area contributed by atoms with Crippen molar-refractivity contribution in [3.63, 3.8) is 0 Å². The van der Waals surface area contributed by atoms with Gasteiger partial charge in [-0.2, -0.15) is 0 Å². The van der Waals surface area contributed by atoms with Crippen molar-refractivity contribution < 1.29 is 4.79 Å². The first-order valence-electron chi connectivity index (χ1n) is 8.23. The van der Waals surface area contributed by atoms with Crippen LogP contribution < -0.4 is 11.1 Å². The topological polar surface area (TPSA) is 68.0 Å². The number of carbonyl (C=O) groups is 1. The average molecular weight is 344 g/mol. The molecule has 1 saturated carbocycles. The minimum atomic E-state index is 0.146. The lowest BCUT2D eigenvalue weighted by Gasteiger charge is -2.20. The number of nitrogens with one attached hydrogen (secondary N) is 1. The summed E-state index contributed by atoms with van der Waals surface area (Å²) in [5.74, 6) is 1.45. The lowest BCUT2D eigenvalue weighted by molar-refractivity contribution is 0.112. The van der Waals surface area contributed by atoms with E-state index in [0.717, 1.165) is 52.2 Å². The van der Waals surface area contributed by atoms with Gasteiger partial charge in [0, 0.05) is 35.6 Å². The number of halogens is 1. The third-order valence-electron chi connectivity index (χ3n) is 4.58. The van der Waals surface area contributed by atoms with Crippen LogP contribution in [0, 0.1) is 0 Å². The van der Waals surface area contributed by atoms with Gasteiger partial charge in [0.05, 0.1) is 5.02 Å². The van der Waals surface area contributed by atoms with E-state index in [1.165, 1.54) is 0 Å². The monoisotopic (exact) mass is 343 g/mol. The Morgan fingerprint density at radius 2 is 2.04 bits per heavy atom. The molecule has 4 nitrogen and oxygen atoms in total. The zero-order valence-electron chi connectivity index (χ0n) is 14.2. The van der Waals surface area contributed by atoms with Crippen molar-refractivity contribution in [1.29, 1.82) is 0 Å². The van der Waals surface area contributed by atoms with Crippen LogP contribution in [0.5, 0.6) is 0 Å². The SMILES string of the molecule is CNc1ncc(-c2ccc(N)c(C=O)c2C(C)C)c(Cl)c1C1CC1. The summed E-state index contributed by atoms with van der Waals surface area (Å²) in [6, 6.07) is 3.71. The zero-order chi connectivity index (χ0) is 17.4. The second-order valence-corrected chi connectivity index (χ2v) is 6.95. The lowest BCUT2D eigenvalue weighted by Crippen LogP contribution is -2.05. The Kier molecular flexibility index (Phi) is 4.50. The van der Waals surface area contributed by atoms with Gasteiger partial charge in [-0.1, -0.05) is 31.5 Å². The Balaban J connectivity index is 2.27. The molecule has 1 aliphatic carbocycles. The number of nitrogens with two attached hydrogens (primary N) is 1. The highest BCUT2D eigenvalue weighted by atomic mass is 35.5. The summed E-state index contributed by atoms with van der Waals surface area (Å²) >= 11 is 6.77. The van der Waals surface area contributed by atoms with Gasteiger partial charge in [0.2, 0.25) is 0 Å². The molecule has 0 atom stereocenters. The van der Waals surface area contributed by atoms with Gasteiger partial charge in [0.25, 0.3) is 0 Å². The van der Waals surface area contributed by atoms with Crippen LogP contribution in [0.1, 0.15) is 60.0 Å². The third-order valence-corrected chi connectivity index (χ3v) is 4.99. The Morgan fingerprint density at radius 1 is 1.33 bits per heavy atom. The third kappa shape index (κ3) is 2.75. The fourth-order valence-electron chi connectivity index (χ4n) is 3.28. The highest BCUT2D eigenvalue weighted by Gasteiger charge is 2.31. The Hall–Kier alpha value is -2.07. The molecule has 126 valence electrons. The van der Waals surface area contributed by atoms with Crippen LogP contribution in [-0.2, 0) is 0 Å². The van der Waals surface area contributed by atoms with Crippen LogP contribution in [0.25, 0.3) is 11.1 Å². The van der Waals surface area contributed by atoms with Crippen molar-refractivity contribution in [3.8, 4) is 11.1 Å². The molecule has 1 aromatic carbocycles. The van der Waals surface area contributed by atoms with Crippen molar-refractivity contribution >= 4 is 29.4 Å². The molecule has 24 heavy (non-hydrogen) atoms. The molecular weight excluding hydrogens is 322 g/mol. The van der Waals surface area contributed by atoms with Gasteiger partial charge < -0.3 is 11.1 Å². The van der Waals surface area contributed by atoms with Crippen LogP contribution in [0.15, 0.2) is 18.3 Å². The normalized spacial score (nSPS) is 14.0. The van der Waals surface area contributed by atoms with Crippen molar-refractivity contribution in [2.24, 2.45) is 0 Å². The zero-order valence-corrected chi connectivity index (χ0v) is 14.9. The highest BCUT2D eigenvalue weighted by Crippen LogP contribution is 2.49. The fourth-order valence-corrected chi connectivity index (χ4v) is 3.67. The molecule has 2 aromatic rings. The maximum atomic E-state index is 11.6.